The predicted molar refractivity (Wildman–Crippen MR) is 81.4 cm³/mol. The highest BCUT2D eigenvalue weighted by Crippen LogP contribution is 2.16. The number of H-pyrrole nitrogens is 1. The summed E-state index contributed by atoms with van der Waals surface area (Å²) < 4.78 is 27.3. The number of aromatic amines is 1. The highest BCUT2D eigenvalue weighted by atomic mass is 32.2. The first-order valence-corrected chi connectivity index (χ1v) is 8.24. The van der Waals surface area contributed by atoms with E-state index in [9.17, 15) is 8.42 Å². The number of rotatable bonds is 7. The Morgan fingerprint density at radius 1 is 1.29 bits per heavy atom. The zero-order valence-electron chi connectivity index (χ0n) is 12.1. The van der Waals surface area contributed by atoms with Crippen molar-refractivity contribution in [3.63, 3.8) is 0 Å². The molecule has 6 nitrogen and oxygen atoms in total. The van der Waals surface area contributed by atoms with Gasteiger partial charge in [0.05, 0.1) is 6.20 Å². The van der Waals surface area contributed by atoms with Crippen molar-refractivity contribution >= 4 is 10.0 Å². The second-order valence-corrected chi connectivity index (χ2v) is 6.62. The smallest absolute Gasteiger partial charge is 0.257 e. The molecular formula is C14H20N4O2S. The van der Waals surface area contributed by atoms with Gasteiger partial charge in [-0.25, -0.2) is 13.1 Å². The maximum Gasteiger partial charge on any atom is 0.257 e. The van der Waals surface area contributed by atoms with Gasteiger partial charge in [0.15, 0.2) is 5.03 Å². The average molecular weight is 308 g/mol. The van der Waals surface area contributed by atoms with Gasteiger partial charge in [-0.2, -0.15) is 5.10 Å². The van der Waals surface area contributed by atoms with Crippen molar-refractivity contribution in [3.8, 4) is 0 Å². The summed E-state index contributed by atoms with van der Waals surface area (Å²) in [5.41, 5.74) is 1.72. The van der Waals surface area contributed by atoms with Gasteiger partial charge in [-0.15, -0.1) is 0 Å². The molecular weight excluding hydrogens is 288 g/mol. The maximum atomic E-state index is 12.3. The summed E-state index contributed by atoms with van der Waals surface area (Å²) in [5.74, 6) is 0.0941. The molecule has 7 heteroatoms. The fourth-order valence-corrected chi connectivity index (χ4v) is 3.31. The Hall–Kier alpha value is -1.70. The van der Waals surface area contributed by atoms with Gasteiger partial charge >= 0.3 is 0 Å². The van der Waals surface area contributed by atoms with Crippen LogP contribution in [0.4, 0.5) is 0 Å². The lowest BCUT2D eigenvalue weighted by atomic mass is 10.0. The minimum Gasteiger partial charge on any atom is -0.316 e. The third-order valence-corrected chi connectivity index (χ3v) is 4.70. The molecule has 2 aromatic rings. The number of nitrogens with one attached hydrogen (secondary N) is 3. The van der Waals surface area contributed by atoms with Crippen LogP contribution in [0.5, 0.6) is 0 Å². The van der Waals surface area contributed by atoms with Crippen LogP contribution in [0.3, 0.4) is 0 Å². The van der Waals surface area contributed by atoms with Crippen molar-refractivity contribution in [2.75, 3.05) is 13.6 Å². The molecule has 0 saturated carbocycles. The Kier molecular flexibility index (Phi) is 5.11. The van der Waals surface area contributed by atoms with E-state index >= 15 is 0 Å². The maximum absolute atomic E-state index is 12.3. The molecule has 0 amide bonds. The summed E-state index contributed by atoms with van der Waals surface area (Å²) in [7, 11) is -1.82. The van der Waals surface area contributed by atoms with Gasteiger partial charge < -0.3 is 5.32 Å². The van der Waals surface area contributed by atoms with E-state index in [2.05, 4.69) is 20.2 Å². The van der Waals surface area contributed by atoms with Crippen LogP contribution in [0, 0.1) is 0 Å². The van der Waals surface area contributed by atoms with Gasteiger partial charge in [-0.05, 0) is 18.5 Å². The highest BCUT2D eigenvalue weighted by Gasteiger charge is 2.21. The van der Waals surface area contributed by atoms with Gasteiger partial charge in [0.25, 0.3) is 10.0 Å². The van der Waals surface area contributed by atoms with E-state index in [-0.39, 0.29) is 10.9 Å². The lowest BCUT2D eigenvalue weighted by Gasteiger charge is -2.13. The first kappa shape index (κ1) is 15.7. The van der Waals surface area contributed by atoms with Crippen LogP contribution in [-0.2, 0) is 16.6 Å². The Bertz CT molecular complexity index is 667. The van der Waals surface area contributed by atoms with E-state index in [1.165, 1.54) is 6.20 Å². The molecule has 1 unspecified atom stereocenters. The Labute approximate surface area is 125 Å². The van der Waals surface area contributed by atoms with E-state index in [1.54, 1.807) is 7.05 Å². The van der Waals surface area contributed by atoms with E-state index in [0.29, 0.717) is 18.7 Å². The summed E-state index contributed by atoms with van der Waals surface area (Å²) >= 11 is 0. The summed E-state index contributed by atoms with van der Waals surface area (Å²) in [6.07, 6.45) is 1.52. The van der Waals surface area contributed by atoms with Crippen LogP contribution < -0.4 is 10.0 Å². The summed E-state index contributed by atoms with van der Waals surface area (Å²) in [5, 5.41) is 9.41. The monoisotopic (exact) mass is 308 g/mol. The Morgan fingerprint density at radius 2 is 2.00 bits per heavy atom. The fraction of sp³-hybridized carbons (Fsp3) is 0.357. The summed E-state index contributed by atoms with van der Waals surface area (Å²) in [6, 6.07) is 9.80. The Balaban J connectivity index is 2.06. The number of nitrogens with zero attached hydrogens (tertiary/aromatic N) is 1. The minimum atomic E-state index is -3.58. The van der Waals surface area contributed by atoms with Crippen LogP contribution in [0.1, 0.15) is 24.0 Å². The number of hydrogen-bond donors (Lipinski definition) is 3. The van der Waals surface area contributed by atoms with Gasteiger partial charge in [0.1, 0.15) is 0 Å². The molecule has 3 N–H and O–H groups in total. The molecule has 2 rings (SSSR count). The van der Waals surface area contributed by atoms with E-state index in [0.717, 1.165) is 5.56 Å². The van der Waals surface area contributed by atoms with E-state index in [1.807, 2.05) is 37.3 Å². The zero-order valence-corrected chi connectivity index (χ0v) is 12.9. The van der Waals surface area contributed by atoms with Crippen LogP contribution in [0.15, 0.2) is 41.6 Å². The molecule has 0 fully saturated rings. The molecule has 0 aliphatic rings. The highest BCUT2D eigenvalue weighted by molar-refractivity contribution is 7.89. The van der Waals surface area contributed by atoms with Crippen LogP contribution in [0.25, 0.3) is 0 Å². The SMILES string of the molecule is CNCc1cn[nH]c1S(=O)(=O)NCC(C)c1ccccc1. The summed E-state index contributed by atoms with van der Waals surface area (Å²) in [4.78, 5) is 0. The van der Waals surface area contributed by atoms with Crippen molar-refractivity contribution < 1.29 is 8.42 Å². The molecule has 0 bridgehead atoms. The van der Waals surface area contributed by atoms with Gasteiger partial charge in [0, 0.05) is 18.7 Å². The number of aromatic nitrogens is 2. The molecule has 114 valence electrons. The van der Waals surface area contributed by atoms with Crippen molar-refractivity contribution in [1.29, 1.82) is 0 Å². The molecule has 0 spiro atoms. The van der Waals surface area contributed by atoms with Crippen LogP contribution >= 0.6 is 0 Å². The quantitative estimate of drug-likeness (QED) is 0.717. The van der Waals surface area contributed by atoms with Crippen molar-refractivity contribution in [1.82, 2.24) is 20.2 Å². The lowest BCUT2D eigenvalue weighted by molar-refractivity contribution is 0.568. The fourth-order valence-electron chi connectivity index (χ4n) is 2.05. The topological polar surface area (TPSA) is 86.9 Å². The first-order chi connectivity index (χ1) is 10.0. The molecule has 1 aromatic heterocycles. The third kappa shape index (κ3) is 3.90. The molecule has 1 aromatic carbocycles. The number of hydrogen-bond acceptors (Lipinski definition) is 4. The van der Waals surface area contributed by atoms with Gasteiger partial charge in [-0.3, -0.25) is 5.10 Å². The van der Waals surface area contributed by atoms with Crippen LogP contribution in [-0.4, -0.2) is 32.2 Å². The average Bonchev–Trinajstić information content (AvgIpc) is 2.95. The third-order valence-electron chi connectivity index (χ3n) is 3.26. The minimum absolute atomic E-state index is 0.0941. The second kappa shape index (κ2) is 6.84. The van der Waals surface area contributed by atoms with E-state index in [4.69, 9.17) is 0 Å². The number of sulfonamides is 1. The first-order valence-electron chi connectivity index (χ1n) is 6.76. The zero-order chi connectivity index (χ0) is 15.3. The number of benzene rings is 1. The second-order valence-electron chi connectivity index (χ2n) is 4.92. The van der Waals surface area contributed by atoms with Crippen molar-refractivity contribution in [2.24, 2.45) is 0 Å². The molecule has 0 aliphatic heterocycles. The normalized spacial score (nSPS) is 13.2. The lowest BCUT2D eigenvalue weighted by Crippen LogP contribution is -2.29. The van der Waals surface area contributed by atoms with Gasteiger partial charge in [-0.1, -0.05) is 37.3 Å². The molecule has 21 heavy (non-hydrogen) atoms. The standard InChI is InChI=1S/C14H20N4O2S/c1-11(12-6-4-3-5-7-12)8-17-21(19,20)14-13(9-15-2)10-16-18-14/h3-7,10-11,15,17H,8-9H2,1-2H3,(H,16,18). The van der Waals surface area contributed by atoms with E-state index < -0.39 is 10.0 Å². The Morgan fingerprint density at radius 3 is 2.67 bits per heavy atom. The molecule has 0 radical (unpaired) electrons. The molecule has 1 heterocycles. The molecule has 1 atom stereocenters. The van der Waals surface area contributed by atoms with Crippen LogP contribution in [0.2, 0.25) is 0 Å². The predicted octanol–water partition coefficient (Wildman–Crippen LogP) is 1.21. The van der Waals surface area contributed by atoms with Crippen molar-refractivity contribution in [3.05, 3.63) is 47.7 Å². The van der Waals surface area contributed by atoms with Gasteiger partial charge in [0.2, 0.25) is 0 Å². The summed E-state index contributed by atoms with van der Waals surface area (Å²) in [6.45, 7) is 2.77. The largest absolute Gasteiger partial charge is 0.316 e. The van der Waals surface area contributed by atoms with Crippen molar-refractivity contribution in [2.45, 2.75) is 24.4 Å². The molecule has 0 saturated heterocycles. The molecule has 0 aliphatic carbocycles.